The molecule has 0 saturated carbocycles. The summed E-state index contributed by atoms with van der Waals surface area (Å²) in [5.74, 6) is -3.61. The Kier molecular flexibility index (Phi) is 3.61. The lowest BCUT2D eigenvalue weighted by molar-refractivity contribution is 0.0946. The summed E-state index contributed by atoms with van der Waals surface area (Å²) in [5.41, 5.74) is 1.25. The average molecular weight is 272 g/mol. The third-order valence-corrected chi connectivity index (χ3v) is 2.78. The molecule has 1 aromatic carbocycles. The van der Waals surface area contributed by atoms with Crippen LogP contribution in [0.15, 0.2) is 23.0 Å². The number of benzene rings is 1. The van der Waals surface area contributed by atoms with Gasteiger partial charge in [-0.25, -0.2) is 18.2 Å². The van der Waals surface area contributed by atoms with Crippen LogP contribution in [0.2, 0.25) is 0 Å². The molecule has 2 rings (SSSR count). The highest BCUT2D eigenvalue weighted by molar-refractivity contribution is 7.07. The quantitative estimate of drug-likeness (QED) is 0.932. The standard InChI is InChI=1S/C11H7F3N2OS/c12-6-1-8(13)7(9(14)2-6)3-15-11(17)10-4-18-5-16-10/h1-2,4-5H,3H2,(H,15,17). The molecule has 0 aliphatic carbocycles. The molecule has 7 heteroatoms. The van der Waals surface area contributed by atoms with Crippen LogP contribution in [0, 0.1) is 17.5 Å². The number of amides is 1. The molecular formula is C11H7F3N2OS. The van der Waals surface area contributed by atoms with Gasteiger partial charge in [-0.2, -0.15) is 0 Å². The van der Waals surface area contributed by atoms with Crippen molar-refractivity contribution in [2.75, 3.05) is 0 Å². The third kappa shape index (κ3) is 2.67. The zero-order chi connectivity index (χ0) is 13.1. The molecule has 0 atom stereocenters. The van der Waals surface area contributed by atoms with Gasteiger partial charge in [-0.15, -0.1) is 11.3 Å². The fourth-order valence-electron chi connectivity index (χ4n) is 1.32. The normalized spacial score (nSPS) is 10.4. The van der Waals surface area contributed by atoms with Crippen LogP contribution in [-0.2, 0) is 6.54 Å². The van der Waals surface area contributed by atoms with Gasteiger partial charge in [0.25, 0.3) is 5.91 Å². The van der Waals surface area contributed by atoms with Crippen molar-refractivity contribution in [3.05, 3.63) is 51.7 Å². The van der Waals surface area contributed by atoms with Gasteiger partial charge in [-0.05, 0) is 0 Å². The minimum absolute atomic E-state index is 0.169. The van der Waals surface area contributed by atoms with Crippen LogP contribution < -0.4 is 5.32 Å². The number of halogens is 3. The van der Waals surface area contributed by atoms with Gasteiger partial charge in [0, 0.05) is 29.6 Å². The molecule has 18 heavy (non-hydrogen) atoms. The van der Waals surface area contributed by atoms with E-state index in [9.17, 15) is 18.0 Å². The van der Waals surface area contributed by atoms with Crippen molar-refractivity contribution in [2.24, 2.45) is 0 Å². The number of aromatic nitrogens is 1. The molecule has 1 amide bonds. The number of hydrogen-bond donors (Lipinski definition) is 1. The van der Waals surface area contributed by atoms with E-state index in [4.69, 9.17) is 0 Å². The molecule has 0 radical (unpaired) electrons. The van der Waals surface area contributed by atoms with Crippen molar-refractivity contribution >= 4 is 17.2 Å². The molecule has 0 saturated heterocycles. The maximum Gasteiger partial charge on any atom is 0.271 e. The Bertz CT molecular complexity index is 549. The maximum absolute atomic E-state index is 13.3. The lowest BCUT2D eigenvalue weighted by atomic mass is 10.2. The molecule has 0 unspecified atom stereocenters. The minimum Gasteiger partial charge on any atom is -0.346 e. The smallest absolute Gasteiger partial charge is 0.271 e. The molecule has 2 aromatic rings. The predicted molar refractivity (Wildman–Crippen MR) is 59.6 cm³/mol. The number of hydrogen-bond acceptors (Lipinski definition) is 3. The van der Waals surface area contributed by atoms with Gasteiger partial charge in [-0.3, -0.25) is 4.79 Å². The fraction of sp³-hybridized carbons (Fsp3) is 0.0909. The van der Waals surface area contributed by atoms with E-state index in [0.717, 1.165) is 0 Å². The average Bonchev–Trinajstić information content (AvgIpc) is 2.80. The number of rotatable bonds is 3. The fourth-order valence-corrected chi connectivity index (χ4v) is 1.86. The molecule has 0 aliphatic heterocycles. The number of nitrogens with zero attached hydrogens (tertiary/aromatic N) is 1. The van der Waals surface area contributed by atoms with E-state index in [0.29, 0.717) is 12.1 Å². The number of nitrogens with one attached hydrogen (secondary N) is 1. The highest BCUT2D eigenvalue weighted by atomic mass is 32.1. The Morgan fingerprint density at radius 2 is 1.94 bits per heavy atom. The summed E-state index contributed by atoms with van der Waals surface area (Å²) < 4.78 is 39.2. The van der Waals surface area contributed by atoms with E-state index in [2.05, 4.69) is 10.3 Å². The first-order chi connectivity index (χ1) is 8.58. The van der Waals surface area contributed by atoms with Gasteiger partial charge < -0.3 is 5.32 Å². The summed E-state index contributed by atoms with van der Waals surface area (Å²) >= 11 is 1.23. The van der Waals surface area contributed by atoms with Crippen molar-refractivity contribution in [3.8, 4) is 0 Å². The molecule has 1 N–H and O–H groups in total. The van der Waals surface area contributed by atoms with E-state index < -0.39 is 23.4 Å². The van der Waals surface area contributed by atoms with E-state index in [1.807, 2.05) is 0 Å². The summed E-state index contributed by atoms with van der Waals surface area (Å²) in [6.07, 6.45) is 0. The van der Waals surface area contributed by atoms with Crippen LogP contribution in [0.5, 0.6) is 0 Å². The van der Waals surface area contributed by atoms with Gasteiger partial charge >= 0.3 is 0 Å². The van der Waals surface area contributed by atoms with Crippen molar-refractivity contribution in [1.82, 2.24) is 10.3 Å². The second-order valence-corrected chi connectivity index (χ2v) is 4.12. The molecule has 3 nitrogen and oxygen atoms in total. The zero-order valence-corrected chi connectivity index (χ0v) is 9.73. The van der Waals surface area contributed by atoms with Gasteiger partial charge in [0.2, 0.25) is 0 Å². The Hall–Kier alpha value is -1.89. The van der Waals surface area contributed by atoms with Gasteiger partial charge in [0.15, 0.2) is 0 Å². The summed E-state index contributed by atoms with van der Waals surface area (Å²) in [6, 6.07) is 1.13. The van der Waals surface area contributed by atoms with Crippen LogP contribution in [0.3, 0.4) is 0 Å². The SMILES string of the molecule is O=C(NCc1c(F)cc(F)cc1F)c1cscn1. The maximum atomic E-state index is 13.3. The minimum atomic E-state index is -1.04. The Labute approximate surface area is 104 Å². The molecule has 0 spiro atoms. The topological polar surface area (TPSA) is 42.0 Å². The Balaban J connectivity index is 2.09. The lowest BCUT2D eigenvalue weighted by Gasteiger charge is -2.06. The summed E-state index contributed by atoms with van der Waals surface area (Å²) in [5, 5.41) is 3.81. The second-order valence-electron chi connectivity index (χ2n) is 3.40. The third-order valence-electron chi connectivity index (χ3n) is 2.20. The Morgan fingerprint density at radius 3 is 2.50 bits per heavy atom. The van der Waals surface area contributed by atoms with Gasteiger partial charge in [0.1, 0.15) is 23.1 Å². The van der Waals surface area contributed by atoms with Crippen LogP contribution in [0.4, 0.5) is 13.2 Å². The van der Waals surface area contributed by atoms with Crippen molar-refractivity contribution < 1.29 is 18.0 Å². The van der Waals surface area contributed by atoms with Crippen LogP contribution in [0.25, 0.3) is 0 Å². The number of carbonyl (C=O) groups is 1. The highest BCUT2D eigenvalue weighted by Crippen LogP contribution is 2.14. The summed E-state index contributed by atoms with van der Waals surface area (Å²) in [4.78, 5) is 15.2. The summed E-state index contributed by atoms with van der Waals surface area (Å²) in [6.45, 7) is -0.367. The van der Waals surface area contributed by atoms with Crippen LogP contribution in [0.1, 0.15) is 16.1 Å². The van der Waals surface area contributed by atoms with Crippen LogP contribution in [-0.4, -0.2) is 10.9 Å². The molecule has 94 valence electrons. The second kappa shape index (κ2) is 5.18. The zero-order valence-electron chi connectivity index (χ0n) is 8.91. The first-order valence-electron chi connectivity index (χ1n) is 4.87. The van der Waals surface area contributed by atoms with Crippen LogP contribution >= 0.6 is 11.3 Å². The molecule has 1 heterocycles. The van der Waals surface area contributed by atoms with E-state index in [-0.39, 0.29) is 17.8 Å². The first kappa shape index (κ1) is 12.6. The predicted octanol–water partition coefficient (Wildman–Crippen LogP) is 2.49. The molecule has 0 fully saturated rings. The van der Waals surface area contributed by atoms with E-state index >= 15 is 0 Å². The largest absolute Gasteiger partial charge is 0.346 e. The van der Waals surface area contributed by atoms with Gasteiger partial charge in [0.05, 0.1) is 5.51 Å². The lowest BCUT2D eigenvalue weighted by Crippen LogP contribution is -2.24. The van der Waals surface area contributed by atoms with E-state index in [1.165, 1.54) is 22.2 Å². The highest BCUT2D eigenvalue weighted by Gasteiger charge is 2.13. The Morgan fingerprint density at radius 1 is 1.28 bits per heavy atom. The van der Waals surface area contributed by atoms with Gasteiger partial charge in [-0.1, -0.05) is 0 Å². The summed E-state index contributed by atoms with van der Waals surface area (Å²) in [7, 11) is 0. The van der Waals surface area contributed by atoms with Crippen molar-refractivity contribution in [1.29, 1.82) is 0 Å². The molecule has 0 bridgehead atoms. The van der Waals surface area contributed by atoms with Crippen molar-refractivity contribution in [3.63, 3.8) is 0 Å². The number of carbonyl (C=O) groups excluding carboxylic acids is 1. The molecular weight excluding hydrogens is 265 g/mol. The molecule has 0 aliphatic rings. The number of thiazole rings is 1. The molecule has 1 aromatic heterocycles. The monoisotopic (exact) mass is 272 g/mol. The first-order valence-corrected chi connectivity index (χ1v) is 5.82. The van der Waals surface area contributed by atoms with Crippen molar-refractivity contribution in [2.45, 2.75) is 6.54 Å². The van der Waals surface area contributed by atoms with E-state index in [1.54, 1.807) is 0 Å².